The van der Waals surface area contributed by atoms with Crippen LogP contribution in [0.2, 0.25) is 0 Å². The molecule has 3 heterocycles. The first-order valence-electron chi connectivity index (χ1n) is 8.94. The maximum absolute atomic E-state index is 13.0. The number of hydrogen-bond acceptors (Lipinski definition) is 6. The number of fused-ring (bicyclic) bond motifs is 1. The van der Waals surface area contributed by atoms with Crippen LogP contribution in [0.5, 0.6) is 0 Å². The molecular formula is C18H25N5OS. The molecule has 25 heavy (non-hydrogen) atoms. The lowest BCUT2D eigenvalue weighted by atomic mass is 9.77. The van der Waals surface area contributed by atoms with Crippen molar-refractivity contribution in [2.24, 2.45) is 5.41 Å². The van der Waals surface area contributed by atoms with Crippen LogP contribution in [0.15, 0.2) is 18.2 Å². The molecule has 2 fully saturated rings. The second-order valence-electron chi connectivity index (χ2n) is 7.67. The Kier molecular flexibility index (Phi) is 4.47. The van der Waals surface area contributed by atoms with Crippen molar-refractivity contribution < 1.29 is 4.79 Å². The summed E-state index contributed by atoms with van der Waals surface area (Å²) < 4.78 is 8.52. The Morgan fingerprint density at radius 3 is 2.92 bits per heavy atom. The van der Waals surface area contributed by atoms with Crippen molar-refractivity contribution in [3.05, 3.63) is 23.8 Å². The van der Waals surface area contributed by atoms with Gasteiger partial charge in [0, 0.05) is 20.1 Å². The lowest BCUT2D eigenvalue weighted by molar-refractivity contribution is -0.134. The number of amides is 1. The van der Waals surface area contributed by atoms with Crippen LogP contribution in [0.25, 0.3) is 11.0 Å². The summed E-state index contributed by atoms with van der Waals surface area (Å²) in [5, 5.41) is 3.44. The Morgan fingerprint density at radius 2 is 2.12 bits per heavy atom. The zero-order valence-corrected chi connectivity index (χ0v) is 15.7. The van der Waals surface area contributed by atoms with Crippen molar-refractivity contribution in [3.8, 4) is 0 Å². The van der Waals surface area contributed by atoms with Crippen LogP contribution in [0.3, 0.4) is 0 Å². The number of carbonyl (C=O) groups excluding carboxylic acids is 1. The molecule has 2 saturated heterocycles. The third-order valence-electron chi connectivity index (χ3n) is 5.81. The molecule has 0 saturated carbocycles. The molecule has 1 spiro atoms. The van der Waals surface area contributed by atoms with E-state index in [0.29, 0.717) is 12.0 Å². The second-order valence-corrected chi connectivity index (χ2v) is 8.20. The fourth-order valence-corrected chi connectivity index (χ4v) is 4.91. The van der Waals surface area contributed by atoms with Gasteiger partial charge in [-0.15, -0.1) is 0 Å². The Balaban J connectivity index is 1.44. The fraction of sp³-hybridized carbons (Fsp3) is 0.611. The van der Waals surface area contributed by atoms with Gasteiger partial charge in [0.05, 0.1) is 17.8 Å². The largest absolute Gasteiger partial charge is 0.340 e. The van der Waals surface area contributed by atoms with Crippen molar-refractivity contribution in [1.82, 2.24) is 23.9 Å². The SMILES string of the molecule is CN(Cc1ccc2nsnc2c1)C(=O)[C@@H]1CC2(CCNCC2)CN1C. The summed E-state index contributed by atoms with van der Waals surface area (Å²) in [7, 11) is 4.01. The van der Waals surface area contributed by atoms with E-state index in [1.165, 1.54) is 24.6 Å². The van der Waals surface area contributed by atoms with Gasteiger partial charge in [-0.05, 0) is 62.5 Å². The molecule has 1 aromatic carbocycles. The van der Waals surface area contributed by atoms with E-state index in [9.17, 15) is 4.79 Å². The molecule has 1 N–H and O–H groups in total. The number of hydrogen-bond donors (Lipinski definition) is 1. The summed E-state index contributed by atoms with van der Waals surface area (Å²) in [4.78, 5) is 17.2. The molecule has 1 atom stereocenters. The summed E-state index contributed by atoms with van der Waals surface area (Å²) in [5.74, 6) is 0.231. The van der Waals surface area contributed by atoms with Crippen molar-refractivity contribution in [1.29, 1.82) is 0 Å². The zero-order chi connectivity index (χ0) is 17.4. The molecule has 6 nitrogen and oxygen atoms in total. The smallest absolute Gasteiger partial charge is 0.239 e. The third kappa shape index (κ3) is 3.28. The molecule has 1 amide bonds. The standard InChI is InChI=1S/C18H25N5OS/c1-22(11-13-3-4-14-15(9-13)21-25-20-14)17(24)16-10-18(12-23(16)2)5-7-19-8-6-18/h3-4,9,16,19H,5-8,10-12H2,1-2H3/t16-/m0/s1. The minimum Gasteiger partial charge on any atom is -0.340 e. The highest BCUT2D eigenvalue weighted by Crippen LogP contribution is 2.41. The lowest BCUT2D eigenvalue weighted by Crippen LogP contribution is -2.42. The van der Waals surface area contributed by atoms with E-state index in [2.05, 4.69) is 26.0 Å². The highest BCUT2D eigenvalue weighted by Gasteiger charge is 2.46. The van der Waals surface area contributed by atoms with Crippen LogP contribution >= 0.6 is 11.7 Å². The number of rotatable bonds is 3. The average Bonchev–Trinajstić information content (AvgIpc) is 3.19. The van der Waals surface area contributed by atoms with E-state index >= 15 is 0 Å². The number of carbonyl (C=O) groups is 1. The molecule has 2 aromatic rings. The predicted molar refractivity (Wildman–Crippen MR) is 99.5 cm³/mol. The minimum absolute atomic E-state index is 0.00719. The zero-order valence-electron chi connectivity index (χ0n) is 14.9. The normalized spacial score (nSPS) is 23.4. The lowest BCUT2D eigenvalue weighted by Gasteiger charge is -2.33. The fourth-order valence-electron chi connectivity index (χ4n) is 4.40. The summed E-state index contributed by atoms with van der Waals surface area (Å²) >= 11 is 1.23. The van der Waals surface area contributed by atoms with Gasteiger partial charge < -0.3 is 10.2 Å². The topological polar surface area (TPSA) is 61.4 Å². The van der Waals surface area contributed by atoms with Gasteiger partial charge in [0.1, 0.15) is 11.0 Å². The number of benzene rings is 1. The summed E-state index contributed by atoms with van der Waals surface area (Å²) in [6.45, 7) is 3.80. The van der Waals surface area contributed by atoms with Gasteiger partial charge >= 0.3 is 0 Å². The van der Waals surface area contributed by atoms with Gasteiger partial charge in [0.15, 0.2) is 0 Å². The maximum Gasteiger partial charge on any atom is 0.239 e. The van der Waals surface area contributed by atoms with E-state index in [-0.39, 0.29) is 11.9 Å². The number of nitrogens with zero attached hydrogens (tertiary/aromatic N) is 4. The Hall–Kier alpha value is -1.57. The number of likely N-dealkylation sites (N-methyl/N-ethyl adjacent to an activating group) is 2. The quantitative estimate of drug-likeness (QED) is 0.904. The van der Waals surface area contributed by atoms with Crippen molar-refractivity contribution in [2.75, 3.05) is 33.7 Å². The Morgan fingerprint density at radius 1 is 1.36 bits per heavy atom. The van der Waals surface area contributed by atoms with Gasteiger partial charge in [0.25, 0.3) is 0 Å². The van der Waals surface area contributed by atoms with Crippen LogP contribution in [-0.4, -0.2) is 64.2 Å². The first-order valence-corrected chi connectivity index (χ1v) is 9.67. The van der Waals surface area contributed by atoms with Gasteiger partial charge in [-0.25, -0.2) is 0 Å². The Bertz CT molecular complexity index is 770. The number of aromatic nitrogens is 2. The van der Waals surface area contributed by atoms with Crippen molar-refractivity contribution >= 4 is 28.7 Å². The van der Waals surface area contributed by atoms with Gasteiger partial charge in [-0.3, -0.25) is 9.69 Å². The summed E-state index contributed by atoms with van der Waals surface area (Å²) in [5.41, 5.74) is 3.26. The van der Waals surface area contributed by atoms with Crippen molar-refractivity contribution in [2.45, 2.75) is 31.8 Å². The molecule has 0 unspecified atom stereocenters. The van der Waals surface area contributed by atoms with Crippen LogP contribution in [0, 0.1) is 5.41 Å². The highest BCUT2D eigenvalue weighted by molar-refractivity contribution is 7.00. The first kappa shape index (κ1) is 16.9. The third-order valence-corrected chi connectivity index (χ3v) is 6.36. The summed E-state index contributed by atoms with van der Waals surface area (Å²) in [6.07, 6.45) is 3.35. The van der Waals surface area contributed by atoms with Crippen molar-refractivity contribution in [3.63, 3.8) is 0 Å². The van der Waals surface area contributed by atoms with Crippen LogP contribution in [0.4, 0.5) is 0 Å². The van der Waals surface area contributed by atoms with E-state index in [1.54, 1.807) is 0 Å². The van der Waals surface area contributed by atoms with Gasteiger partial charge in [-0.2, -0.15) is 8.75 Å². The van der Waals surface area contributed by atoms with Gasteiger partial charge in [0.2, 0.25) is 5.91 Å². The first-order chi connectivity index (χ1) is 12.1. The maximum atomic E-state index is 13.0. The summed E-state index contributed by atoms with van der Waals surface area (Å²) in [6, 6.07) is 6.07. The molecule has 2 aliphatic heterocycles. The molecule has 1 aromatic heterocycles. The molecule has 0 bridgehead atoms. The average molecular weight is 359 g/mol. The predicted octanol–water partition coefficient (Wildman–Crippen LogP) is 1.72. The van der Waals surface area contributed by atoms with E-state index in [1.807, 2.05) is 30.1 Å². The molecule has 7 heteroatoms. The molecule has 4 rings (SSSR count). The number of likely N-dealkylation sites (tertiary alicyclic amines) is 1. The molecular weight excluding hydrogens is 334 g/mol. The van der Waals surface area contributed by atoms with Crippen LogP contribution in [0.1, 0.15) is 24.8 Å². The number of nitrogens with one attached hydrogen (secondary N) is 1. The second kappa shape index (κ2) is 6.63. The van der Waals surface area contributed by atoms with E-state index in [0.717, 1.165) is 42.7 Å². The van der Waals surface area contributed by atoms with Crippen LogP contribution < -0.4 is 5.32 Å². The minimum atomic E-state index is 0.00719. The van der Waals surface area contributed by atoms with Gasteiger partial charge in [-0.1, -0.05) is 6.07 Å². The molecule has 0 radical (unpaired) electrons. The highest BCUT2D eigenvalue weighted by atomic mass is 32.1. The van der Waals surface area contributed by atoms with E-state index in [4.69, 9.17) is 0 Å². The van der Waals surface area contributed by atoms with E-state index < -0.39 is 0 Å². The Labute approximate surface area is 152 Å². The monoisotopic (exact) mass is 359 g/mol. The molecule has 134 valence electrons. The molecule has 2 aliphatic rings. The molecule has 0 aliphatic carbocycles. The van der Waals surface area contributed by atoms with Crippen LogP contribution in [-0.2, 0) is 11.3 Å². The number of piperidine rings is 1.